The van der Waals surface area contributed by atoms with E-state index in [0.29, 0.717) is 46.8 Å². The molecule has 1 aromatic heterocycles. The number of likely N-dealkylation sites (tertiary alicyclic amines) is 1. The number of hydrogen-bond acceptors (Lipinski definition) is 6. The molecule has 6 rings (SSSR count). The van der Waals surface area contributed by atoms with Gasteiger partial charge in [0, 0.05) is 54.2 Å². The summed E-state index contributed by atoms with van der Waals surface area (Å²) in [7, 11) is 0. The van der Waals surface area contributed by atoms with E-state index in [-0.39, 0.29) is 5.82 Å². The summed E-state index contributed by atoms with van der Waals surface area (Å²) in [6, 6.07) is 10.9. The molecule has 2 aromatic carbocycles. The predicted molar refractivity (Wildman–Crippen MR) is 124 cm³/mol. The van der Waals surface area contributed by atoms with E-state index in [1.807, 2.05) is 6.07 Å². The van der Waals surface area contributed by atoms with E-state index in [4.69, 9.17) is 21.1 Å². The van der Waals surface area contributed by atoms with E-state index in [1.165, 1.54) is 17.7 Å². The highest BCUT2D eigenvalue weighted by Crippen LogP contribution is 2.40. The van der Waals surface area contributed by atoms with Crippen LogP contribution in [0, 0.1) is 17.7 Å². The van der Waals surface area contributed by atoms with Gasteiger partial charge in [-0.1, -0.05) is 17.7 Å². The normalized spacial score (nSPS) is 23.6. The number of aromatic nitrogens is 2. The molecule has 33 heavy (non-hydrogen) atoms. The second-order valence-corrected chi connectivity index (χ2v) is 9.54. The van der Waals surface area contributed by atoms with Crippen LogP contribution in [0.15, 0.2) is 48.8 Å². The maximum Gasteiger partial charge on any atom is 0.231 e. The lowest BCUT2D eigenvalue weighted by atomic mass is 10.0. The van der Waals surface area contributed by atoms with Crippen LogP contribution in [0.25, 0.3) is 11.1 Å². The molecular weight excluding hydrogens is 443 g/mol. The second-order valence-electron chi connectivity index (χ2n) is 9.13. The Morgan fingerprint density at radius 2 is 1.76 bits per heavy atom. The highest BCUT2D eigenvalue weighted by atomic mass is 35.5. The number of hydrogen-bond donors (Lipinski definition) is 1. The van der Waals surface area contributed by atoms with Crippen LogP contribution in [0.2, 0.25) is 5.02 Å². The number of fused-ring (bicyclic) bond motifs is 2. The van der Waals surface area contributed by atoms with Gasteiger partial charge in [-0.05, 0) is 60.6 Å². The van der Waals surface area contributed by atoms with Crippen molar-refractivity contribution in [2.45, 2.75) is 25.4 Å². The van der Waals surface area contributed by atoms with Gasteiger partial charge in [0.1, 0.15) is 5.82 Å². The van der Waals surface area contributed by atoms with Gasteiger partial charge in [0.2, 0.25) is 12.7 Å². The Morgan fingerprint density at radius 1 is 1.00 bits per heavy atom. The van der Waals surface area contributed by atoms with Crippen LogP contribution in [0.3, 0.4) is 0 Å². The van der Waals surface area contributed by atoms with E-state index in [0.717, 1.165) is 44.0 Å². The number of halogens is 2. The average molecular weight is 467 g/mol. The third-order valence-electron chi connectivity index (χ3n) is 6.89. The van der Waals surface area contributed by atoms with Gasteiger partial charge >= 0.3 is 0 Å². The zero-order valence-corrected chi connectivity index (χ0v) is 18.8. The lowest BCUT2D eigenvalue weighted by Crippen LogP contribution is -2.25. The summed E-state index contributed by atoms with van der Waals surface area (Å²) >= 11 is 6.20. The van der Waals surface area contributed by atoms with E-state index in [1.54, 1.807) is 18.5 Å². The van der Waals surface area contributed by atoms with Gasteiger partial charge in [0.05, 0.1) is 0 Å². The van der Waals surface area contributed by atoms with Crippen LogP contribution < -0.4 is 14.8 Å². The summed E-state index contributed by atoms with van der Waals surface area (Å²) in [5, 5.41) is 3.97. The fraction of sp³-hybridized carbons (Fsp3) is 0.360. The number of nitrogens with one attached hydrogen (secondary N) is 1. The smallest absolute Gasteiger partial charge is 0.231 e. The molecule has 0 unspecified atom stereocenters. The Hall–Kier alpha value is -2.90. The Morgan fingerprint density at radius 3 is 2.55 bits per heavy atom. The molecule has 3 aromatic rings. The van der Waals surface area contributed by atoms with E-state index in [2.05, 4.69) is 32.3 Å². The first kappa shape index (κ1) is 20.7. The summed E-state index contributed by atoms with van der Waals surface area (Å²) in [6.07, 6.45) is 5.62. The monoisotopic (exact) mass is 466 g/mol. The quantitative estimate of drug-likeness (QED) is 0.571. The maximum atomic E-state index is 13.6. The first-order valence-corrected chi connectivity index (χ1v) is 11.6. The van der Waals surface area contributed by atoms with Crippen LogP contribution in [0.5, 0.6) is 11.5 Å². The van der Waals surface area contributed by atoms with Crippen LogP contribution >= 0.6 is 11.6 Å². The summed E-state index contributed by atoms with van der Waals surface area (Å²) in [5.41, 5.74) is 2.56. The standard InChI is InChI=1S/C25H24ClFN4O2/c26-22-3-2-19(27)8-21(22)18-9-28-25(29-10-18)30-20-6-16-12-31(13-17(16)7-20)11-15-1-4-23-24(5-15)33-14-32-23/h1-5,8-10,16-17,20H,6-7,11-14H2,(H,28,29,30)/t16-,17+,20-. The highest BCUT2D eigenvalue weighted by molar-refractivity contribution is 6.33. The zero-order chi connectivity index (χ0) is 22.4. The lowest BCUT2D eigenvalue weighted by Gasteiger charge is -2.20. The average Bonchev–Trinajstić information content (AvgIpc) is 3.51. The largest absolute Gasteiger partial charge is 0.454 e. The van der Waals surface area contributed by atoms with Crippen molar-refractivity contribution >= 4 is 17.5 Å². The molecule has 2 aliphatic heterocycles. The van der Waals surface area contributed by atoms with Gasteiger partial charge < -0.3 is 14.8 Å². The van der Waals surface area contributed by atoms with Gasteiger partial charge in [0.15, 0.2) is 11.5 Å². The number of rotatable bonds is 5. The second kappa shape index (κ2) is 8.47. The van der Waals surface area contributed by atoms with Crippen LogP contribution in [-0.2, 0) is 6.54 Å². The minimum absolute atomic E-state index is 0.312. The molecule has 0 bridgehead atoms. The lowest BCUT2D eigenvalue weighted by molar-refractivity contribution is 0.174. The fourth-order valence-electron chi connectivity index (χ4n) is 5.38. The van der Waals surface area contributed by atoms with E-state index >= 15 is 0 Å². The molecule has 3 aliphatic rings. The number of anilines is 1. The summed E-state index contributed by atoms with van der Waals surface area (Å²) < 4.78 is 24.5. The molecule has 1 aliphatic carbocycles. The van der Waals surface area contributed by atoms with Gasteiger partial charge in [-0.3, -0.25) is 4.90 Å². The zero-order valence-electron chi connectivity index (χ0n) is 18.0. The number of benzene rings is 2. The van der Waals surface area contributed by atoms with Crippen molar-refractivity contribution in [3.8, 4) is 22.6 Å². The van der Waals surface area contributed by atoms with Crippen molar-refractivity contribution in [1.29, 1.82) is 0 Å². The maximum absolute atomic E-state index is 13.6. The van der Waals surface area contributed by atoms with Crippen molar-refractivity contribution in [2.24, 2.45) is 11.8 Å². The summed E-state index contributed by atoms with van der Waals surface area (Å²) in [6.45, 7) is 3.46. The van der Waals surface area contributed by atoms with Crippen molar-refractivity contribution < 1.29 is 13.9 Å². The topological polar surface area (TPSA) is 59.5 Å². The Balaban J connectivity index is 1.04. The van der Waals surface area contributed by atoms with Crippen molar-refractivity contribution in [1.82, 2.24) is 14.9 Å². The van der Waals surface area contributed by atoms with Crippen LogP contribution in [0.1, 0.15) is 18.4 Å². The van der Waals surface area contributed by atoms with Gasteiger partial charge in [0.25, 0.3) is 0 Å². The SMILES string of the molecule is Fc1ccc(Cl)c(-c2cnc(N[C@@H]3C[C@@H]4CN(Cc5ccc6c(c5)OCO6)C[C@@H]4C3)nc2)c1. The number of ether oxygens (including phenoxy) is 2. The fourth-order valence-corrected chi connectivity index (χ4v) is 5.61. The minimum Gasteiger partial charge on any atom is -0.454 e. The Labute approximate surface area is 196 Å². The van der Waals surface area contributed by atoms with E-state index in [9.17, 15) is 4.39 Å². The molecule has 2 fully saturated rings. The molecule has 8 heteroatoms. The molecule has 170 valence electrons. The van der Waals surface area contributed by atoms with E-state index < -0.39 is 0 Å². The third-order valence-corrected chi connectivity index (χ3v) is 7.22. The molecule has 1 N–H and O–H groups in total. The molecule has 0 radical (unpaired) electrons. The first-order valence-electron chi connectivity index (χ1n) is 11.3. The molecule has 1 saturated carbocycles. The molecule has 6 nitrogen and oxygen atoms in total. The van der Waals surface area contributed by atoms with Crippen molar-refractivity contribution in [2.75, 3.05) is 25.2 Å². The Kier molecular flexibility index (Phi) is 5.31. The molecule has 3 atom stereocenters. The molecule has 0 amide bonds. The summed E-state index contributed by atoms with van der Waals surface area (Å²) in [4.78, 5) is 11.4. The van der Waals surface area contributed by atoms with Crippen LogP contribution in [0.4, 0.5) is 10.3 Å². The third kappa shape index (κ3) is 4.23. The Bertz CT molecular complexity index is 1160. The minimum atomic E-state index is -0.332. The van der Waals surface area contributed by atoms with Crippen molar-refractivity contribution in [3.05, 3.63) is 65.2 Å². The first-order chi connectivity index (χ1) is 16.1. The molecule has 1 saturated heterocycles. The molecule has 3 heterocycles. The van der Waals surface area contributed by atoms with Gasteiger partial charge in [-0.2, -0.15) is 0 Å². The number of nitrogens with zero attached hydrogens (tertiary/aromatic N) is 3. The van der Waals surface area contributed by atoms with Crippen LogP contribution in [-0.4, -0.2) is 40.8 Å². The summed E-state index contributed by atoms with van der Waals surface area (Å²) in [5.74, 6) is 3.32. The van der Waals surface area contributed by atoms with Gasteiger partial charge in [-0.25, -0.2) is 14.4 Å². The van der Waals surface area contributed by atoms with Crippen molar-refractivity contribution in [3.63, 3.8) is 0 Å². The molecule has 0 spiro atoms. The highest BCUT2D eigenvalue weighted by Gasteiger charge is 2.41. The predicted octanol–water partition coefficient (Wildman–Crippen LogP) is 4.99. The van der Waals surface area contributed by atoms with Gasteiger partial charge in [-0.15, -0.1) is 0 Å². The molecular formula is C25H24ClFN4O2.